The van der Waals surface area contributed by atoms with Gasteiger partial charge in [-0.2, -0.15) is 0 Å². The van der Waals surface area contributed by atoms with Gasteiger partial charge in [-0.3, -0.25) is 4.79 Å². The molecule has 2 aromatic rings. The minimum Gasteiger partial charge on any atom is -0.508 e. The third kappa shape index (κ3) is 2.50. The van der Waals surface area contributed by atoms with Gasteiger partial charge in [0, 0.05) is 19.0 Å². The number of rotatable bonds is 3. The number of benzene rings is 2. The molecule has 2 aromatic carbocycles. The second-order valence-corrected chi connectivity index (χ2v) is 5.14. The molecule has 4 nitrogen and oxygen atoms in total. The molecule has 0 fully saturated rings. The van der Waals surface area contributed by atoms with Crippen molar-refractivity contribution in [2.24, 2.45) is 0 Å². The van der Waals surface area contributed by atoms with Gasteiger partial charge >= 0.3 is 0 Å². The molecule has 1 aliphatic rings. The van der Waals surface area contributed by atoms with Gasteiger partial charge in [-0.05, 0) is 30.7 Å². The number of anilines is 1. The zero-order valence-corrected chi connectivity index (χ0v) is 12.1. The van der Waals surface area contributed by atoms with Crippen molar-refractivity contribution in [2.75, 3.05) is 11.4 Å². The van der Waals surface area contributed by atoms with Crippen LogP contribution in [0.15, 0.2) is 42.5 Å². The van der Waals surface area contributed by atoms with Crippen LogP contribution in [0.4, 0.5) is 10.1 Å². The maximum absolute atomic E-state index is 13.8. The number of likely N-dealkylation sites (N-methyl/N-ethyl adjacent to an activating group) is 1. The second-order valence-electron chi connectivity index (χ2n) is 5.14. The van der Waals surface area contributed by atoms with Gasteiger partial charge in [0.1, 0.15) is 17.3 Å². The van der Waals surface area contributed by atoms with E-state index in [1.165, 1.54) is 18.2 Å². The molecular weight excluding hydrogens is 285 g/mol. The zero-order chi connectivity index (χ0) is 15.7. The second kappa shape index (κ2) is 5.67. The Morgan fingerprint density at radius 3 is 2.77 bits per heavy atom. The molecule has 0 radical (unpaired) electrons. The van der Waals surface area contributed by atoms with Crippen LogP contribution < -0.4 is 9.64 Å². The molecule has 0 aromatic heterocycles. The molecule has 0 bridgehead atoms. The first-order valence-corrected chi connectivity index (χ1v) is 7.14. The third-order valence-corrected chi connectivity index (χ3v) is 3.72. The quantitative estimate of drug-likeness (QED) is 0.948. The van der Waals surface area contributed by atoms with Gasteiger partial charge in [0.15, 0.2) is 6.10 Å². The lowest BCUT2D eigenvalue weighted by Gasteiger charge is -2.33. The monoisotopic (exact) mass is 301 g/mol. The number of nitrogens with zero attached hydrogens (tertiary/aromatic N) is 1. The molecule has 1 N–H and O–H groups in total. The summed E-state index contributed by atoms with van der Waals surface area (Å²) >= 11 is 0. The lowest BCUT2D eigenvalue weighted by Crippen LogP contribution is -2.46. The standard InChI is InChI=1S/C17H16FNO3/c1-2-19-14-8-7-12(20)10-15(14)22-16(17(19)21)9-11-5-3-4-6-13(11)18/h3-8,10,16,20H,2,9H2,1H3. The van der Waals surface area contributed by atoms with Gasteiger partial charge < -0.3 is 14.7 Å². The van der Waals surface area contributed by atoms with E-state index in [0.29, 0.717) is 23.5 Å². The molecule has 1 atom stereocenters. The van der Waals surface area contributed by atoms with Crippen LogP contribution in [0.2, 0.25) is 0 Å². The maximum atomic E-state index is 13.8. The Morgan fingerprint density at radius 1 is 1.27 bits per heavy atom. The van der Waals surface area contributed by atoms with Gasteiger partial charge in [-0.25, -0.2) is 4.39 Å². The van der Waals surface area contributed by atoms with E-state index in [2.05, 4.69) is 0 Å². The Morgan fingerprint density at radius 2 is 2.05 bits per heavy atom. The topological polar surface area (TPSA) is 49.8 Å². The Bertz CT molecular complexity index is 717. The van der Waals surface area contributed by atoms with E-state index >= 15 is 0 Å². The summed E-state index contributed by atoms with van der Waals surface area (Å²) < 4.78 is 19.5. The van der Waals surface area contributed by atoms with Crippen LogP contribution in [0.5, 0.6) is 11.5 Å². The van der Waals surface area contributed by atoms with Crippen molar-refractivity contribution < 1.29 is 19.0 Å². The Kier molecular flexibility index (Phi) is 3.71. The van der Waals surface area contributed by atoms with Crippen LogP contribution in [0.1, 0.15) is 12.5 Å². The lowest BCUT2D eigenvalue weighted by molar-refractivity contribution is -0.126. The zero-order valence-electron chi connectivity index (χ0n) is 12.1. The number of phenolic OH excluding ortho intramolecular Hbond substituents is 1. The highest BCUT2D eigenvalue weighted by Crippen LogP contribution is 2.37. The number of hydrogen-bond acceptors (Lipinski definition) is 3. The number of aromatic hydroxyl groups is 1. The number of phenols is 1. The van der Waals surface area contributed by atoms with Crippen LogP contribution in [0, 0.1) is 5.82 Å². The summed E-state index contributed by atoms with van der Waals surface area (Å²) in [5, 5.41) is 9.59. The fraction of sp³-hybridized carbons (Fsp3) is 0.235. The summed E-state index contributed by atoms with van der Waals surface area (Å²) in [4.78, 5) is 14.1. The summed E-state index contributed by atoms with van der Waals surface area (Å²) in [7, 11) is 0. The molecule has 22 heavy (non-hydrogen) atoms. The molecule has 3 rings (SSSR count). The molecule has 0 spiro atoms. The number of carbonyl (C=O) groups is 1. The summed E-state index contributed by atoms with van der Waals surface area (Å²) in [5.74, 6) is -0.0656. The van der Waals surface area contributed by atoms with Crippen molar-refractivity contribution in [1.82, 2.24) is 0 Å². The molecule has 114 valence electrons. The lowest BCUT2D eigenvalue weighted by atomic mass is 10.0. The average molecular weight is 301 g/mol. The molecule has 1 heterocycles. The molecule has 0 aliphatic carbocycles. The predicted molar refractivity (Wildman–Crippen MR) is 80.7 cm³/mol. The van der Waals surface area contributed by atoms with Crippen molar-refractivity contribution in [3.8, 4) is 11.5 Å². The van der Waals surface area contributed by atoms with Gasteiger partial charge in [0.25, 0.3) is 5.91 Å². The van der Waals surface area contributed by atoms with Gasteiger partial charge in [0.05, 0.1) is 5.69 Å². The first-order chi connectivity index (χ1) is 10.6. The van der Waals surface area contributed by atoms with Gasteiger partial charge in [-0.15, -0.1) is 0 Å². The number of carbonyl (C=O) groups excluding carboxylic acids is 1. The average Bonchev–Trinajstić information content (AvgIpc) is 2.50. The minimum absolute atomic E-state index is 0.0637. The number of fused-ring (bicyclic) bond motifs is 1. The number of hydrogen-bond donors (Lipinski definition) is 1. The molecule has 1 unspecified atom stereocenters. The number of halogens is 1. The largest absolute Gasteiger partial charge is 0.508 e. The van der Waals surface area contributed by atoms with Crippen LogP contribution in [0.25, 0.3) is 0 Å². The molecule has 1 aliphatic heterocycles. The van der Waals surface area contributed by atoms with Crippen molar-refractivity contribution in [3.63, 3.8) is 0 Å². The summed E-state index contributed by atoms with van der Waals surface area (Å²) in [6.45, 7) is 2.34. The smallest absolute Gasteiger partial charge is 0.268 e. The molecule has 0 saturated heterocycles. The Balaban J connectivity index is 1.94. The highest BCUT2D eigenvalue weighted by molar-refractivity contribution is 6.00. The normalized spacial score (nSPS) is 17.1. The van der Waals surface area contributed by atoms with E-state index in [4.69, 9.17) is 4.74 Å². The Labute approximate surface area is 127 Å². The first-order valence-electron chi connectivity index (χ1n) is 7.14. The molecule has 0 saturated carbocycles. The number of ether oxygens (including phenoxy) is 1. The Hall–Kier alpha value is -2.56. The summed E-state index contributed by atoms with van der Waals surface area (Å²) in [5.41, 5.74) is 1.05. The maximum Gasteiger partial charge on any atom is 0.268 e. The fourth-order valence-corrected chi connectivity index (χ4v) is 2.64. The van der Waals surface area contributed by atoms with Crippen molar-refractivity contribution >= 4 is 11.6 Å². The predicted octanol–water partition coefficient (Wildman–Crippen LogP) is 2.89. The highest BCUT2D eigenvalue weighted by Gasteiger charge is 2.34. The third-order valence-electron chi connectivity index (χ3n) is 3.72. The number of amides is 1. The summed E-state index contributed by atoms with van der Waals surface area (Å²) in [6, 6.07) is 11.0. The van der Waals surface area contributed by atoms with E-state index in [-0.39, 0.29) is 23.9 Å². The minimum atomic E-state index is -0.800. The molecule has 1 amide bonds. The van der Waals surface area contributed by atoms with Crippen LogP contribution in [-0.4, -0.2) is 23.7 Å². The van der Waals surface area contributed by atoms with Gasteiger partial charge in [-0.1, -0.05) is 18.2 Å². The van der Waals surface area contributed by atoms with E-state index in [9.17, 15) is 14.3 Å². The molecule has 5 heteroatoms. The van der Waals surface area contributed by atoms with E-state index < -0.39 is 6.10 Å². The molecular formula is C17H16FNO3. The SMILES string of the molecule is CCN1C(=O)C(Cc2ccccc2F)Oc2cc(O)ccc21. The fourth-order valence-electron chi connectivity index (χ4n) is 2.64. The first kappa shape index (κ1) is 14.4. The van der Waals surface area contributed by atoms with Crippen molar-refractivity contribution in [1.29, 1.82) is 0 Å². The van der Waals surface area contributed by atoms with Crippen LogP contribution in [-0.2, 0) is 11.2 Å². The van der Waals surface area contributed by atoms with Crippen LogP contribution in [0.3, 0.4) is 0 Å². The highest BCUT2D eigenvalue weighted by atomic mass is 19.1. The summed E-state index contributed by atoms with van der Waals surface area (Å²) in [6.07, 6.45) is -0.650. The van der Waals surface area contributed by atoms with E-state index in [0.717, 1.165) is 0 Å². The van der Waals surface area contributed by atoms with Crippen LogP contribution >= 0.6 is 0 Å². The van der Waals surface area contributed by atoms with Crippen molar-refractivity contribution in [3.05, 3.63) is 53.8 Å². The van der Waals surface area contributed by atoms with Gasteiger partial charge in [0.2, 0.25) is 0 Å². The van der Waals surface area contributed by atoms with E-state index in [1.807, 2.05) is 6.92 Å². The van der Waals surface area contributed by atoms with E-state index in [1.54, 1.807) is 29.2 Å². The van der Waals surface area contributed by atoms with Crippen molar-refractivity contribution in [2.45, 2.75) is 19.4 Å².